The fourth-order valence-corrected chi connectivity index (χ4v) is 2.05. The molecule has 0 saturated heterocycles. The normalized spacial score (nSPS) is 18.3. The third-order valence-electron chi connectivity index (χ3n) is 3.53. The molecule has 1 aromatic rings. The molecule has 1 aliphatic rings. The molecular weight excluding hydrogens is 184 g/mol. The maximum atomic E-state index is 5.88. The van der Waals surface area contributed by atoms with E-state index < -0.39 is 0 Å². The summed E-state index contributed by atoms with van der Waals surface area (Å²) >= 11 is 0. The lowest BCUT2D eigenvalue weighted by atomic mass is 9.80. The molecule has 1 saturated carbocycles. The second-order valence-corrected chi connectivity index (χ2v) is 4.70. The van der Waals surface area contributed by atoms with Crippen LogP contribution < -0.4 is 11.1 Å². The summed E-state index contributed by atoms with van der Waals surface area (Å²) in [6, 6.07) is 6.79. The van der Waals surface area contributed by atoms with Crippen LogP contribution in [0.5, 0.6) is 0 Å². The molecule has 0 aliphatic heterocycles. The monoisotopic (exact) mass is 204 g/mol. The van der Waals surface area contributed by atoms with Crippen molar-refractivity contribution in [1.29, 1.82) is 0 Å². The Morgan fingerprint density at radius 1 is 1.40 bits per heavy atom. The molecule has 1 atom stereocenters. The first-order chi connectivity index (χ1) is 7.16. The number of rotatable bonds is 3. The third kappa shape index (κ3) is 2.25. The molecule has 15 heavy (non-hydrogen) atoms. The lowest BCUT2D eigenvalue weighted by Crippen LogP contribution is -2.30. The van der Waals surface area contributed by atoms with Crippen LogP contribution in [0.4, 0.5) is 11.4 Å². The van der Waals surface area contributed by atoms with Crippen molar-refractivity contribution in [3.63, 3.8) is 0 Å². The van der Waals surface area contributed by atoms with Crippen LogP contribution in [0.25, 0.3) is 0 Å². The van der Waals surface area contributed by atoms with Gasteiger partial charge in [-0.1, -0.05) is 12.5 Å². The molecule has 3 N–H and O–H groups in total. The van der Waals surface area contributed by atoms with Crippen molar-refractivity contribution in [3.8, 4) is 0 Å². The highest BCUT2D eigenvalue weighted by atomic mass is 14.9. The van der Waals surface area contributed by atoms with Crippen LogP contribution >= 0.6 is 0 Å². The van der Waals surface area contributed by atoms with Gasteiger partial charge >= 0.3 is 0 Å². The molecule has 1 aromatic carbocycles. The van der Waals surface area contributed by atoms with Crippen LogP contribution in [0.3, 0.4) is 0 Å². The van der Waals surface area contributed by atoms with E-state index in [1.54, 1.807) is 0 Å². The van der Waals surface area contributed by atoms with Gasteiger partial charge in [0.25, 0.3) is 0 Å². The van der Waals surface area contributed by atoms with E-state index in [0.29, 0.717) is 6.04 Å². The molecular formula is C13H20N2. The summed E-state index contributed by atoms with van der Waals surface area (Å²) in [6.45, 7) is 4.30. The minimum Gasteiger partial charge on any atom is -0.398 e. The van der Waals surface area contributed by atoms with Crippen LogP contribution in [0, 0.1) is 12.8 Å². The predicted octanol–water partition coefficient (Wildman–Crippen LogP) is 3.18. The van der Waals surface area contributed by atoms with Crippen LogP contribution in [0.2, 0.25) is 0 Å². The van der Waals surface area contributed by atoms with Gasteiger partial charge in [0.05, 0.1) is 0 Å². The third-order valence-corrected chi connectivity index (χ3v) is 3.53. The first-order valence-electron chi connectivity index (χ1n) is 5.79. The number of hydrogen-bond donors (Lipinski definition) is 2. The Morgan fingerprint density at radius 3 is 2.67 bits per heavy atom. The summed E-state index contributed by atoms with van der Waals surface area (Å²) in [5.74, 6) is 0.854. The SMILES string of the molecule is Cc1ccc(NC(C)C2CCC2)cc1N. The number of nitrogen functional groups attached to an aromatic ring is 1. The lowest BCUT2D eigenvalue weighted by molar-refractivity contribution is 0.285. The summed E-state index contributed by atoms with van der Waals surface area (Å²) in [4.78, 5) is 0. The van der Waals surface area contributed by atoms with Crippen molar-refractivity contribution in [2.24, 2.45) is 5.92 Å². The molecule has 0 aromatic heterocycles. The second kappa shape index (κ2) is 4.13. The van der Waals surface area contributed by atoms with Gasteiger partial charge in [0.1, 0.15) is 0 Å². The summed E-state index contributed by atoms with van der Waals surface area (Å²) < 4.78 is 0. The first kappa shape index (κ1) is 10.3. The van der Waals surface area contributed by atoms with E-state index >= 15 is 0 Å². The van der Waals surface area contributed by atoms with E-state index in [-0.39, 0.29) is 0 Å². The van der Waals surface area contributed by atoms with Gasteiger partial charge in [0.15, 0.2) is 0 Å². The Labute approximate surface area is 91.9 Å². The maximum Gasteiger partial charge on any atom is 0.0364 e. The van der Waals surface area contributed by atoms with Gasteiger partial charge in [-0.25, -0.2) is 0 Å². The van der Waals surface area contributed by atoms with Crippen molar-refractivity contribution in [2.75, 3.05) is 11.1 Å². The van der Waals surface area contributed by atoms with Gasteiger partial charge < -0.3 is 11.1 Å². The largest absolute Gasteiger partial charge is 0.398 e. The Balaban J connectivity index is 2.00. The number of hydrogen-bond acceptors (Lipinski definition) is 2. The van der Waals surface area contributed by atoms with Crippen LogP contribution in [-0.4, -0.2) is 6.04 Å². The number of aryl methyl sites for hydroxylation is 1. The van der Waals surface area contributed by atoms with E-state index in [1.165, 1.54) is 19.3 Å². The fraction of sp³-hybridized carbons (Fsp3) is 0.538. The fourth-order valence-electron chi connectivity index (χ4n) is 2.05. The molecule has 0 bridgehead atoms. The van der Waals surface area contributed by atoms with Crippen molar-refractivity contribution >= 4 is 11.4 Å². The van der Waals surface area contributed by atoms with E-state index in [4.69, 9.17) is 5.73 Å². The van der Waals surface area contributed by atoms with E-state index in [1.807, 2.05) is 13.0 Å². The minimum absolute atomic E-state index is 0.570. The molecule has 0 spiro atoms. The van der Waals surface area contributed by atoms with E-state index in [0.717, 1.165) is 22.9 Å². The summed E-state index contributed by atoms with van der Waals surface area (Å²) in [5, 5.41) is 3.53. The molecule has 82 valence electrons. The van der Waals surface area contributed by atoms with Crippen molar-refractivity contribution in [1.82, 2.24) is 0 Å². The number of benzene rings is 1. The van der Waals surface area contributed by atoms with Gasteiger partial charge in [-0.3, -0.25) is 0 Å². The van der Waals surface area contributed by atoms with E-state index in [9.17, 15) is 0 Å². The van der Waals surface area contributed by atoms with E-state index in [2.05, 4.69) is 24.4 Å². The molecule has 1 unspecified atom stereocenters. The Morgan fingerprint density at radius 2 is 2.13 bits per heavy atom. The number of nitrogens with one attached hydrogen (secondary N) is 1. The zero-order valence-electron chi connectivity index (χ0n) is 9.59. The van der Waals surface area contributed by atoms with Gasteiger partial charge in [-0.05, 0) is 50.3 Å². The highest BCUT2D eigenvalue weighted by Gasteiger charge is 2.23. The highest BCUT2D eigenvalue weighted by molar-refractivity contribution is 5.58. The van der Waals surface area contributed by atoms with Crippen LogP contribution in [0.1, 0.15) is 31.7 Å². The molecule has 1 fully saturated rings. The van der Waals surface area contributed by atoms with Crippen molar-refractivity contribution in [2.45, 2.75) is 39.2 Å². The maximum absolute atomic E-state index is 5.88. The van der Waals surface area contributed by atoms with Gasteiger partial charge in [0.2, 0.25) is 0 Å². The Hall–Kier alpha value is -1.18. The van der Waals surface area contributed by atoms with Gasteiger partial charge in [0, 0.05) is 17.4 Å². The second-order valence-electron chi connectivity index (χ2n) is 4.70. The average molecular weight is 204 g/mol. The molecule has 2 nitrogen and oxygen atoms in total. The quantitative estimate of drug-likeness (QED) is 0.742. The summed E-state index contributed by atoms with van der Waals surface area (Å²) in [5.41, 5.74) is 9.06. The average Bonchev–Trinajstić information content (AvgIpc) is 2.08. The van der Waals surface area contributed by atoms with Crippen LogP contribution in [0.15, 0.2) is 18.2 Å². The molecule has 2 heteroatoms. The minimum atomic E-state index is 0.570. The van der Waals surface area contributed by atoms with Crippen molar-refractivity contribution < 1.29 is 0 Å². The standard InChI is InChI=1S/C13H20N2/c1-9-6-7-12(8-13(9)14)15-10(2)11-4-3-5-11/h6-8,10-11,15H,3-5,14H2,1-2H3. The molecule has 0 amide bonds. The molecule has 2 rings (SSSR count). The zero-order chi connectivity index (χ0) is 10.8. The summed E-state index contributed by atoms with van der Waals surface area (Å²) in [7, 11) is 0. The first-order valence-corrected chi connectivity index (χ1v) is 5.79. The molecule has 0 heterocycles. The van der Waals surface area contributed by atoms with Crippen LogP contribution in [-0.2, 0) is 0 Å². The summed E-state index contributed by atoms with van der Waals surface area (Å²) in [6.07, 6.45) is 4.14. The molecule has 1 aliphatic carbocycles. The van der Waals surface area contributed by atoms with Gasteiger partial charge in [-0.2, -0.15) is 0 Å². The molecule has 0 radical (unpaired) electrons. The number of anilines is 2. The highest BCUT2D eigenvalue weighted by Crippen LogP contribution is 2.31. The lowest BCUT2D eigenvalue weighted by Gasteiger charge is -2.32. The predicted molar refractivity (Wildman–Crippen MR) is 66.0 cm³/mol. The Bertz CT molecular complexity index is 342. The smallest absolute Gasteiger partial charge is 0.0364 e. The number of nitrogens with two attached hydrogens (primary N) is 1. The van der Waals surface area contributed by atoms with Crippen molar-refractivity contribution in [3.05, 3.63) is 23.8 Å². The van der Waals surface area contributed by atoms with Gasteiger partial charge in [-0.15, -0.1) is 0 Å². The zero-order valence-corrected chi connectivity index (χ0v) is 9.59. The topological polar surface area (TPSA) is 38.0 Å². The Kier molecular flexibility index (Phi) is 2.85.